The fraction of sp³-hybridized carbons (Fsp3) is 0.556. The molecule has 1 atom stereocenters. The Balaban J connectivity index is 2.48. The van der Waals surface area contributed by atoms with E-state index in [2.05, 4.69) is 15.5 Å². The van der Waals surface area contributed by atoms with Gasteiger partial charge >= 0.3 is 0 Å². The molecule has 1 aromatic heterocycles. The highest BCUT2D eigenvalue weighted by molar-refractivity contribution is 5.85. The number of oxazole rings is 1. The Morgan fingerprint density at radius 3 is 3.00 bits per heavy atom. The number of amidine groups is 1. The molecule has 0 aromatic carbocycles. The van der Waals surface area contributed by atoms with Crippen LogP contribution in [0.3, 0.4) is 0 Å². The Kier molecular flexibility index (Phi) is 4.11. The lowest BCUT2D eigenvalue weighted by Gasteiger charge is -2.13. The average molecular weight is 212 g/mol. The lowest BCUT2D eigenvalue weighted by molar-refractivity contribution is 0.313. The molecule has 0 fully saturated rings. The average Bonchev–Trinajstić information content (AvgIpc) is 2.64. The Morgan fingerprint density at radius 2 is 2.53 bits per heavy atom. The van der Waals surface area contributed by atoms with Crippen molar-refractivity contribution in [2.24, 2.45) is 10.9 Å². The smallest absolute Gasteiger partial charge is 0.208 e. The molecule has 0 radical (unpaired) electrons. The van der Waals surface area contributed by atoms with Gasteiger partial charge in [-0.3, -0.25) is 5.32 Å². The van der Waals surface area contributed by atoms with Crippen molar-refractivity contribution in [1.29, 1.82) is 0 Å². The van der Waals surface area contributed by atoms with Crippen molar-refractivity contribution < 1.29 is 9.62 Å². The van der Waals surface area contributed by atoms with Gasteiger partial charge in [0.15, 0.2) is 5.84 Å². The number of hydrogen-bond donors (Lipinski definition) is 3. The van der Waals surface area contributed by atoms with Crippen LogP contribution in [0.4, 0.5) is 0 Å². The number of oxime groups is 1. The Hall–Kier alpha value is -1.56. The maximum Gasteiger partial charge on any atom is 0.208 e. The molecular formula is C9H16N4O2. The van der Waals surface area contributed by atoms with Gasteiger partial charge in [0.1, 0.15) is 5.76 Å². The van der Waals surface area contributed by atoms with Crippen LogP contribution in [0.25, 0.3) is 0 Å². The zero-order chi connectivity index (χ0) is 11.3. The quantitative estimate of drug-likeness (QED) is 0.287. The number of aryl methyl sites for hydroxylation is 1. The van der Waals surface area contributed by atoms with Gasteiger partial charge in [0.25, 0.3) is 0 Å². The van der Waals surface area contributed by atoms with Gasteiger partial charge in [0.05, 0.1) is 18.8 Å². The van der Waals surface area contributed by atoms with Crippen LogP contribution in [0.2, 0.25) is 0 Å². The van der Waals surface area contributed by atoms with Crippen LogP contribution < -0.4 is 11.1 Å². The Labute approximate surface area is 88.2 Å². The molecule has 1 unspecified atom stereocenters. The van der Waals surface area contributed by atoms with E-state index in [1.165, 1.54) is 0 Å². The molecule has 6 heteroatoms. The first kappa shape index (κ1) is 11.5. The molecule has 4 N–H and O–H groups in total. The predicted molar refractivity (Wildman–Crippen MR) is 55.6 cm³/mol. The summed E-state index contributed by atoms with van der Waals surface area (Å²) in [7, 11) is 0. The molecule has 1 rings (SSSR count). The molecule has 6 nitrogen and oxygen atoms in total. The highest BCUT2D eigenvalue weighted by Crippen LogP contribution is 2.02. The maximum atomic E-state index is 8.52. The van der Waals surface area contributed by atoms with Crippen molar-refractivity contribution in [3.63, 3.8) is 0 Å². The molecular weight excluding hydrogens is 196 g/mol. The maximum absolute atomic E-state index is 8.52. The van der Waals surface area contributed by atoms with Crippen molar-refractivity contribution in [2.45, 2.75) is 32.9 Å². The van der Waals surface area contributed by atoms with Gasteiger partial charge < -0.3 is 15.4 Å². The first-order chi connectivity index (χ1) is 7.17. The zero-order valence-electron chi connectivity index (χ0n) is 8.90. The highest BCUT2D eigenvalue weighted by Gasteiger charge is 2.11. The van der Waals surface area contributed by atoms with E-state index in [-0.39, 0.29) is 11.9 Å². The lowest BCUT2D eigenvalue weighted by atomic mass is 10.2. The minimum atomic E-state index is -0.165. The van der Waals surface area contributed by atoms with Crippen molar-refractivity contribution in [3.8, 4) is 0 Å². The van der Waals surface area contributed by atoms with Crippen LogP contribution in [0.5, 0.6) is 0 Å². The fourth-order valence-corrected chi connectivity index (χ4v) is 1.22. The molecule has 0 bridgehead atoms. The number of rotatable bonds is 5. The minimum absolute atomic E-state index is 0.165. The summed E-state index contributed by atoms with van der Waals surface area (Å²) in [6.07, 6.45) is 2.39. The largest absolute Gasteiger partial charge is 0.445 e. The molecule has 0 aliphatic carbocycles. The third-order valence-corrected chi connectivity index (χ3v) is 2.05. The van der Waals surface area contributed by atoms with Gasteiger partial charge in [-0.1, -0.05) is 12.1 Å². The summed E-state index contributed by atoms with van der Waals surface area (Å²) in [5.74, 6) is 1.53. The normalized spacial score (nSPS) is 14.1. The predicted octanol–water partition coefficient (Wildman–Crippen LogP) is 0.598. The van der Waals surface area contributed by atoms with E-state index in [1.54, 1.807) is 6.20 Å². The van der Waals surface area contributed by atoms with Crippen LogP contribution in [0, 0.1) is 6.92 Å². The number of hydrogen-bond acceptors (Lipinski definition) is 5. The van der Waals surface area contributed by atoms with Crippen molar-refractivity contribution in [1.82, 2.24) is 10.3 Å². The molecule has 1 aromatic rings. The van der Waals surface area contributed by atoms with Gasteiger partial charge in [-0.05, 0) is 13.3 Å². The van der Waals surface area contributed by atoms with Gasteiger partial charge in [-0.2, -0.15) is 0 Å². The summed E-state index contributed by atoms with van der Waals surface area (Å²) < 4.78 is 5.27. The topological polar surface area (TPSA) is 96.7 Å². The molecule has 0 saturated heterocycles. The van der Waals surface area contributed by atoms with E-state index in [4.69, 9.17) is 15.4 Å². The monoisotopic (exact) mass is 212 g/mol. The first-order valence-corrected chi connectivity index (χ1v) is 4.79. The van der Waals surface area contributed by atoms with Crippen LogP contribution >= 0.6 is 0 Å². The number of nitrogens with two attached hydrogens (primary N) is 1. The molecule has 0 aliphatic heterocycles. The highest BCUT2D eigenvalue weighted by atomic mass is 16.4. The summed E-state index contributed by atoms with van der Waals surface area (Å²) in [6.45, 7) is 4.23. The van der Waals surface area contributed by atoms with E-state index in [1.807, 2.05) is 13.8 Å². The lowest BCUT2D eigenvalue weighted by Crippen LogP contribution is -2.40. The minimum Gasteiger partial charge on any atom is -0.445 e. The molecule has 1 heterocycles. The van der Waals surface area contributed by atoms with Gasteiger partial charge in [-0.15, -0.1) is 0 Å². The van der Waals surface area contributed by atoms with Crippen LogP contribution in [0.15, 0.2) is 15.8 Å². The molecule has 0 aliphatic rings. The van der Waals surface area contributed by atoms with Crippen LogP contribution in [-0.2, 0) is 6.54 Å². The van der Waals surface area contributed by atoms with Gasteiger partial charge in [0, 0.05) is 0 Å². The number of nitrogens with zero attached hydrogens (tertiary/aromatic N) is 2. The first-order valence-electron chi connectivity index (χ1n) is 4.79. The van der Waals surface area contributed by atoms with Crippen LogP contribution in [-0.4, -0.2) is 22.1 Å². The Bertz CT molecular complexity index is 335. The Morgan fingerprint density at radius 1 is 1.80 bits per heavy atom. The van der Waals surface area contributed by atoms with Crippen molar-refractivity contribution in [2.75, 3.05) is 0 Å². The van der Waals surface area contributed by atoms with E-state index in [9.17, 15) is 0 Å². The summed E-state index contributed by atoms with van der Waals surface area (Å²) in [5, 5.41) is 14.6. The molecule has 84 valence electrons. The van der Waals surface area contributed by atoms with E-state index < -0.39 is 0 Å². The summed E-state index contributed by atoms with van der Waals surface area (Å²) in [6, 6.07) is -0.165. The van der Waals surface area contributed by atoms with Gasteiger partial charge in [0.2, 0.25) is 5.89 Å². The van der Waals surface area contributed by atoms with Gasteiger partial charge in [-0.25, -0.2) is 4.98 Å². The molecule has 0 spiro atoms. The molecule has 15 heavy (non-hydrogen) atoms. The van der Waals surface area contributed by atoms with E-state index >= 15 is 0 Å². The summed E-state index contributed by atoms with van der Waals surface area (Å²) in [5.41, 5.74) is 5.48. The second-order valence-corrected chi connectivity index (χ2v) is 3.23. The summed E-state index contributed by atoms with van der Waals surface area (Å²) >= 11 is 0. The third-order valence-electron chi connectivity index (χ3n) is 2.05. The third kappa shape index (κ3) is 3.25. The number of nitrogens with one attached hydrogen (secondary N) is 1. The molecule has 0 saturated carbocycles. The van der Waals surface area contributed by atoms with E-state index in [0.717, 1.165) is 12.2 Å². The fourth-order valence-electron chi connectivity index (χ4n) is 1.22. The van der Waals surface area contributed by atoms with Crippen molar-refractivity contribution >= 4 is 5.84 Å². The zero-order valence-corrected chi connectivity index (χ0v) is 8.90. The van der Waals surface area contributed by atoms with Crippen LogP contribution in [0.1, 0.15) is 25.0 Å². The summed E-state index contributed by atoms with van der Waals surface area (Å²) in [4.78, 5) is 4.03. The SMILES string of the molecule is CCC(NCc1ncc(C)o1)/C(N)=N/O. The van der Waals surface area contributed by atoms with Crippen molar-refractivity contribution in [3.05, 3.63) is 17.8 Å². The van der Waals surface area contributed by atoms with E-state index in [0.29, 0.717) is 12.4 Å². The number of aromatic nitrogens is 1. The second kappa shape index (κ2) is 5.35. The molecule has 0 amide bonds. The second-order valence-electron chi connectivity index (χ2n) is 3.23. The standard InChI is InChI=1S/C9H16N4O2/c1-3-7(9(10)13-14)11-5-8-12-4-6(2)15-8/h4,7,11,14H,3,5H2,1-2H3,(H2,10,13).